The van der Waals surface area contributed by atoms with Gasteiger partial charge in [0.1, 0.15) is 18.1 Å². The van der Waals surface area contributed by atoms with Gasteiger partial charge in [-0.05, 0) is 41.3 Å². The van der Waals surface area contributed by atoms with Crippen LogP contribution in [0.4, 0.5) is 0 Å². The maximum absolute atomic E-state index is 12.1. The van der Waals surface area contributed by atoms with Crippen molar-refractivity contribution < 1.29 is 13.9 Å². The van der Waals surface area contributed by atoms with E-state index in [2.05, 4.69) is 36.5 Å². The molecule has 3 aromatic rings. The highest BCUT2D eigenvalue weighted by Crippen LogP contribution is 2.15. The summed E-state index contributed by atoms with van der Waals surface area (Å²) in [6.45, 7) is 4.54. The van der Waals surface area contributed by atoms with Crippen molar-refractivity contribution in [2.75, 3.05) is 0 Å². The van der Waals surface area contributed by atoms with Crippen molar-refractivity contribution >= 4 is 12.1 Å². The maximum atomic E-state index is 12.1. The Balaban J connectivity index is 1.51. The van der Waals surface area contributed by atoms with Crippen molar-refractivity contribution in [3.8, 4) is 5.75 Å². The molecule has 0 fully saturated rings. The number of rotatable bonds is 7. The molecule has 1 aromatic heterocycles. The number of nitrogens with zero attached hydrogens (tertiary/aromatic N) is 1. The van der Waals surface area contributed by atoms with Gasteiger partial charge in [0.05, 0.1) is 6.21 Å². The summed E-state index contributed by atoms with van der Waals surface area (Å²) in [5.41, 5.74) is 4.64. The monoisotopic (exact) mass is 362 g/mol. The molecule has 0 aliphatic heterocycles. The van der Waals surface area contributed by atoms with E-state index < -0.39 is 5.91 Å². The zero-order chi connectivity index (χ0) is 19.1. The molecular weight excluding hydrogens is 340 g/mol. The normalized spacial score (nSPS) is 11.1. The van der Waals surface area contributed by atoms with E-state index in [1.165, 1.54) is 5.56 Å². The molecule has 27 heavy (non-hydrogen) atoms. The molecule has 3 rings (SSSR count). The lowest BCUT2D eigenvalue weighted by Crippen LogP contribution is -2.16. The van der Waals surface area contributed by atoms with Crippen molar-refractivity contribution in [1.82, 2.24) is 5.43 Å². The molecule has 1 N–H and O–H groups in total. The number of hydrogen-bond acceptors (Lipinski definition) is 4. The third-order valence-electron chi connectivity index (χ3n) is 3.99. The summed E-state index contributed by atoms with van der Waals surface area (Å²) in [6.07, 6.45) is 1.60. The molecule has 2 aromatic carbocycles. The van der Waals surface area contributed by atoms with Crippen LogP contribution in [0, 0.1) is 0 Å². The van der Waals surface area contributed by atoms with Gasteiger partial charge in [0.15, 0.2) is 5.76 Å². The average Bonchev–Trinajstić information content (AvgIpc) is 3.17. The van der Waals surface area contributed by atoms with E-state index in [4.69, 9.17) is 9.15 Å². The topological polar surface area (TPSA) is 63.8 Å². The van der Waals surface area contributed by atoms with Gasteiger partial charge in [-0.3, -0.25) is 4.79 Å². The second-order valence-electron chi connectivity index (χ2n) is 6.39. The largest absolute Gasteiger partial charge is 0.486 e. The van der Waals surface area contributed by atoms with Crippen LogP contribution in [-0.2, 0) is 6.61 Å². The predicted octanol–water partition coefficient (Wildman–Crippen LogP) is 4.75. The Morgan fingerprint density at radius 3 is 2.52 bits per heavy atom. The molecule has 5 heteroatoms. The second kappa shape index (κ2) is 8.85. The number of hydrogen-bond donors (Lipinski definition) is 1. The SMILES string of the molecule is CC(C)c1ccc(/C=N\NC(=O)c2ccc(COc3ccccc3)o2)cc1. The van der Waals surface area contributed by atoms with Crippen molar-refractivity contribution in [1.29, 1.82) is 0 Å². The van der Waals surface area contributed by atoms with Crippen LogP contribution in [-0.4, -0.2) is 12.1 Å². The quantitative estimate of drug-likeness (QED) is 0.487. The summed E-state index contributed by atoms with van der Waals surface area (Å²) in [5.74, 6) is 1.57. The number of amides is 1. The number of hydrazone groups is 1. The van der Waals surface area contributed by atoms with E-state index in [0.717, 1.165) is 11.3 Å². The molecule has 0 aliphatic carbocycles. The molecule has 138 valence electrons. The molecule has 0 radical (unpaired) electrons. The van der Waals surface area contributed by atoms with Crippen LogP contribution < -0.4 is 10.2 Å². The van der Waals surface area contributed by atoms with Gasteiger partial charge < -0.3 is 9.15 Å². The number of para-hydroxylation sites is 1. The van der Waals surface area contributed by atoms with Crippen LogP contribution in [0.1, 0.15) is 47.2 Å². The molecule has 0 bridgehead atoms. The number of carbonyl (C=O) groups excluding carboxylic acids is 1. The molecule has 0 saturated carbocycles. The molecular formula is C22H22N2O3. The summed E-state index contributed by atoms with van der Waals surface area (Å²) in [7, 11) is 0. The first-order valence-electron chi connectivity index (χ1n) is 8.82. The van der Waals surface area contributed by atoms with Gasteiger partial charge in [-0.25, -0.2) is 5.43 Å². The van der Waals surface area contributed by atoms with Gasteiger partial charge in [-0.15, -0.1) is 0 Å². The molecule has 1 heterocycles. The van der Waals surface area contributed by atoms with Crippen LogP contribution >= 0.6 is 0 Å². The molecule has 5 nitrogen and oxygen atoms in total. The van der Waals surface area contributed by atoms with E-state index in [-0.39, 0.29) is 12.4 Å². The Bertz CT molecular complexity index is 897. The minimum absolute atomic E-state index is 0.189. The van der Waals surface area contributed by atoms with Crippen LogP contribution in [0.2, 0.25) is 0 Å². The van der Waals surface area contributed by atoms with Crippen molar-refractivity contribution in [2.45, 2.75) is 26.4 Å². The molecule has 1 amide bonds. The first kappa shape index (κ1) is 18.5. The standard InChI is InChI=1S/C22H22N2O3/c1-16(2)18-10-8-17(9-11-18)14-23-24-22(25)21-13-12-20(27-21)15-26-19-6-4-3-5-7-19/h3-14,16H,15H2,1-2H3,(H,24,25)/b23-14-. The highest BCUT2D eigenvalue weighted by Gasteiger charge is 2.10. The Morgan fingerprint density at radius 1 is 1.07 bits per heavy atom. The first-order chi connectivity index (χ1) is 13.1. The molecule has 0 spiro atoms. The number of furan rings is 1. The van der Waals surface area contributed by atoms with Crippen molar-refractivity contribution in [3.05, 3.63) is 89.4 Å². The lowest BCUT2D eigenvalue weighted by atomic mass is 10.0. The van der Waals surface area contributed by atoms with Crippen LogP contribution in [0.15, 0.2) is 76.2 Å². The fourth-order valence-electron chi connectivity index (χ4n) is 2.44. The summed E-state index contributed by atoms with van der Waals surface area (Å²) in [4.78, 5) is 12.1. The third kappa shape index (κ3) is 5.31. The van der Waals surface area contributed by atoms with E-state index >= 15 is 0 Å². The van der Waals surface area contributed by atoms with Gasteiger partial charge in [0, 0.05) is 0 Å². The maximum Gasteiger partial charge on any atom is 0.307 e. The minimum atomic E-state index is -0.406. The Hall–Kier alpha value is -3.34. The number of carbonyl (C=O) groups is 1. The number of nitrogens with one attached hydrogen (secondary N) is 1. The molecule has 0 unspecified atom stereocenters. The second-order valence-corrected chi connectivity index (χ2v) is 6.39. The number of benzene rings is 2. The molecule has 0 saturated heterocycles. The summed E-state index contributed by atoms with van der Waals surface area (Å²) >= 11 is 0. The highest BCUT2D eigenvalue weighted by molar-refractivity contribution is 5.92. The highest BCUT2D eigenvalue weighted by atomic mass is 16.5. The predicted molar refractivity (Wildman–Crippen MR) is 105 cm³/mol. The smallest absolute Gasteiger partial charge is 0.307 e. The fourth-order valence-corrected chi connectivity index (χ4v) is 2.44. The first-order valence-corrected chi connectivity index (χ1v) is 8.82. The van der Waals surface area contributed by atoms with Crippen molar-refractivity contribution in [2.24, 2.45) is 5.10 Å². The van der Waals surface area contributed by atoms with Crippen LogP contribution in [0.25, 0.3) is 0 Å². The summed E-state index contributed by atoms with van der Waals surface area (Å²) in [6, 6.07) is 20.8. The van der Waals surface area contributed by atoms with E-state index in [1.807, 2.05) is 42.5 Å². The minimum Gasteiger partial charge on any atom is -0.486 e. The van der Waals surface area contributed by atoms with Gasteiger partial charge in [-0.2, -0.15) is 5.10 Å². The van der Waals surface area contributed by atoms with E-state index in [9.17, 15) is 4.79 Å². The Morgan fingerprint density at radius 2 is 1.81 bits per heavy atom. The molecule has 0 atom stereocenters. The van der Waals surface area contributed by atoms with Gasteiger partial charge in [-0.1, -0.05) is 56.3 Å². The average molecular weight is 362 g/mol. The van der Waals surface area contributed by atoms with E-state index in [1.54, 1.807) is 18.3 Å². The van der Waals surface area contributed by atoms with Gasteiger partial charge >= 0.3 is 5.91 Å². The summed E-state index contributed by atoms with van der Waals surface area (Å²) < 4.78 is 11.1. The van der Waals surface area contributed by atoms with Crippen LogP contribution in [0.3, 0.4) is 0 Å². The third-order valence-corrected chi connectivity index (χ3v) is 3.99. The lowest BCUT2D eigenvalue weighted by Gasteiger charge is -2.04. The van der Waals surface area contributed by atoms with Gasteiger partial charge in [0.2, 0.25) is 0 Å². The Kier molecular flexibility index (Phi) is 6.05. The Labute approximate surface area is 158 Å². The lowest BCUT2D eigenvalue weighted by molar-refractivity contribution is 0.0923. The van der Waals surface area contributed by atoms with E-state index in [0.29, 0.717) is 11.7 Å². The zero-order valence-corrected chi connectivity index (χ0v) is 15.4. The van der Waals surface area contributed by atoms with Crippen LogP contribution in [0.5, 0.6) is 5.75 Å². The van der Waals surface area contributed by atoms with Gasteiger partial charge in [0.25, 0.3) is 0 Å². The molecule has 0 aliphatic rings. The zero-order valence-electron chi connectivity index (χ0n) is 15.4. The summed E-state index contributed by atoms with van der Waals surface area (Å²) in [5, 5.41) is 3.98. The van der Waals surface area contributed by atoms with Crippen molar-refractivity contribution in [3.63, 3.8) is 0 Å². The fraction of sp³-hybridized carbons (Fsp3) is 0.182. The number of ether oxygens (including phenoxy) is 1.